The number of likely N-dealkylation sites (N-methyl/N-ethyl adjacent to an activating group) is 1. The van der Waals surface area contributed by atoms with E-state index in [-0.39, 0.29) is 13.0 Å². The van der Waals surface area contributed by atoms with Gasteiger partial charge in [0, 0.05) is 57.3 Å². The minimum absolute atomic E-state index is 0.123. The van der Waals surface area contributed by atoms with E-state index in [4.69, 9.17) is 5.11 Å². The number of benzene rings is 1. The van der Waals surface area contributed by atoms with Gasteiger partial charge in [0.1, 0.15) is 6.61 Å². The first-order valence-electron chi connectivity index (χ1n) is 10.6. The molecule has 0 amide bonds. The van der Waals surface area contributed by atoms with Gasteiger partial charge < -0.3 is 15.1 Å². The number of carboxylic acid groups (broad SMARTS) is 1. The second kappa shape index (κ2) is 10.7. The third-order valence-corrected chi connectivity index (χ3v) is 6.19. The topological polar surface area (TPSA) is 67.2 Å². The molecule has 2 aliphatic rings. The second-order valence-corrected chi connectivity index (χ2v) is 8.28. The molecular formula is C23H33N3O3. The molecule has 2 aliphatic heterocycles. The van der Waals surface area contributed by atoms with Crippen LogP contribution in [0.3, 0.4) is 0 Å². The monoisotopic (exact) mass is 399 g/mol. The van der Waals surface area contributed by atoms with Crippen LogP contribution in [0, 0.1) is 17.8 Å². The molecule has 2 fully saturated rings. The van der Waals surface area contributed by atoms with E-state index in [1.807, 2.05) is 12.1 Å². The highest BCUT2D eigenvalue weighted by molar-refractivity contribution is 5.66. The van der Waals surface area contributed by atoms with Gasteiger partial charge in [-0.25, -0.2) is 0 Å². The fourth-order valence-corrected chi connectivity index (χ4v) is 4.56. The summed E-state index contributed by atoms with van der Waals surface area (Å²) >= 11 is 0. The smallest absolute Gasteiger partial charge is 0.303 e. The van der Waals surface area contributed by atoms with Crippen molar-refractivity contribution < 1.29 is 15.0 Å². The summed E-state index contributed by atoms with van der Waals surface area (Å²) in [4.78, 5) is 18.6. The van der Waals surface area contributed by atoms with E-state index in [9.17, 15) is 9.90 Å². The first-order chi connectivity index (χ1) is 14.0. The minimum atomic E-state index is -0.696. The zero-order valence-corrected chi connectivity index (χ0v) is 17.4. The zero-order valence-electron chi connectivity index (χ0n) is 17.4. The number of piperidine rings is 1. The lowest BCUT2D eigenvalue weighted by atomic mass is 9.86. The summed E-state index contributed by atoms with van der Waals surface area (Å²) < 4.78 is 0. The maximum atomic E-state index is 11.2. The first-order valence-corrected chi connectivity index (χ1v) is 10.6. The van der Waals surface area contributed by atoms with E-state index in [0.717, 1.165) is 64.2 Å². The number of carbonyl (C=O) groups is 1. The highest BCUT2D eigenvalue weighted by Crippen LogP contribution is 2.28. The van der Waals surface area contributed by atoms with Crippen molar-refractivity contribution in [2.24, 2.45) is 5.92 Å². The van der Waals surface area contributed by atoms with E-state index >= 15 is 0 Å². The third kappa shape index (κ3) is 6.55. The number of hydrogen-bond acceptors (Lipinski definition) is 5. The number of aliphatic carboxylic acids is 1. The van der Waals surface area contributed by atoms with Crippen LogP contribution in [-0.4, -0.2) is 89.8 Å². The van der Waals surface area contributed by atoms with Crippen LogP contribution in [0.2, 0.25) is 0 Å². The van der Waals surface area contributed by atoms with Gasteiger partial charge in [-0.3, -0.25) is 14.6 Å². The van der Waals surface area contributed by atoms with Crippen LogP contribution < -0.4 is 0 Å². The summed E-state index contributed by atoms with van der Waals surface area (Å²) in [5, 5.41) is 18.0. The Labute approximate surface area is 174 Å². The van der Waals surface area contributed by atoms with Crippen molar-refractivity contribution >= 4 is 5.97 Å². The van der Waals surface area contributed by atoms with Crippen molar-refractivity contribution in [1.29, 1.82) is 0 Å². The fraction of sp³-hybridized carbons (Fsp3) is 0.609. The average Bonchev–Trinajstić information content (AvgIpc) is 2.72. The second-order valence-electron chi connectivity index (χ2n) is 8.28. The van der Waals surface area contributed by atoms with Crippen LogP contribution in [0.5, 0.6) is 0 Å². The van der Waals surface area contributed by atoms with Crippen LogP contribution in [0.25, 0.3) is 0 Å². The standard InChI is InChI=1S/C23H33N3O3/c1-24-12-14-26(15-13-24)22-10-11-25(18-21(22)8-9-23(28)29)17-20-6-4-19(5-7-20)3-2-16-27/h4-7,21-22,27H,8-18H2,1H3,(H,28,29)/t21-,22+/m0/s1. The highest BCUT2D eigenvalue weighted by Gasteiger charge is 2.34. The Morgan fingerprint density at radius 3 is 2.52 bits per heavy atom. The molecule has 2 heterocycles. The Kier molecular flexibility index (Phi) is 8.08. The largest absolute Gasteiger partial charge is 0.481 e. The van der Waals surface area contributed by atoms with Gasteiger partial charge in [-0.15, -0.1) is 0 Å². The van der Waals surface area contributed by atoms with Crippen LogP contribution in [0.4, 0.5) is 0 Å². The van der Waals surface area contributed by atoms with E-state index in [1.165, 1.54) is 5.56 Å². The molecule has 158 valence electrons. The normalized spacial score (nSPS) is 24.1. The Bertz CT molecular complexity index is 717. The fourth-order valence-electron chi connectivity index (χ4n) is 4.56. The Morgan fingerprint density at radius 1 is 1.14 bits per heavy atom. The predicted octanol–water partition coefficient (Wildman–Crippen LogP) is 1.33. The molecule has 6 nitrogen and oxygen atoms in total. The molecule has 2 saturated heterocycles. The molecule has 2 N–H and O–H groups in total. The number of rotatable bonds is 6. The number of piperazine rings is 1. The van der Waals surface area contributed by atoms with Gasteiger partial charge in [0.2, 0.25) is 0 Å². The maximum absolute atomic E-state index is 11.2. The number of nitrogens with zero attached hydrogens (tertiary/aromatic N) is 3. The summed E-state index contributed by atoms with van der Waals surface area (Å²) in [5.41, 5.74) is 2.16. The van der Waals surface area contributed by atoms with Crippen molar-refractivity contribution in [2.75, 3.05) is 52.9 Å². The summed E-state index contributed by atoms with van der Waals surface area (Å²) in [7, 11) is 2.17. The van der Waals surface area contributed by atoms with Gasteiger partial charge in [-0.05, 0) is 50.0 Å². The lowest BCUT2D eigenvalue weighted by molar-refractivity contribution is -0.137. The molecule has 3 rings (SSSR count). The third-order valence-electron chi connectivity index (χ3n) is 6.19. The molecule has 0 bridgehead atoms. The van der Waals surface area contributed by atoms with E-state index in [1.54, 1.807) is 0 Å². The molecular weight excluding hydrogens is 366 g/mol. The molecule has 29 heavy (non-hydrogen) atoms. The zero-order chi connectivity index (χ0) is 20.6. The molecule has 1 aromatic carbocycles. The van der Waals surface area contributed by atoms with E-state index in [0.29, 0.717) is 12.0 Å². The molecule has 2 atom stereocenters. The Morgan fingerprint density at radius 2 is 1.86 bits per heavy atom. The SMILES string of the molecule is CN1CCN([C@@H]2CCN(Cc3ccc(C#CCO)cc3)C[C@@H]2CCC(=O)O)CC1. The highest BCUT2D eigenvalue weighted by atomic mass is 16.4. The molecule has 0 aromatic heterocycles. The van der Waals surface area contributed by atoms with Gasteiger partial charge in [-0.1, -0.05) is 24.0 Å². The molecule has 0 aliphatic carbocycles. The summed E-state index contributed by atoms with van der Waals surface area (Å²) in [5.74, 6) is 5.30. The van der Waals surface area contributed by atoms with Gasteiger partial charge in [0.25, 0.3) is 0 Å². The van der Waals surface area contributed by atoms with Crippen LogP contribution in [-0.2, 0) is 11.3 Å². The quantitative estimate of drug-likeness (QED) is 0.704. The van der Waals surface area contributed by atoms with Crippen molar-refractivity contribution in [1.82, 2.24) is 14.7 Å². The number of aliphatic hydroxyl groups is 1. The van der Waals surface area contributed by atoms with E-state index in [2.05, 4.69) is 45.7 Å². The summed E-state index contributed by atoms with van der Waals surface area (Å²) in [6.07, 6.45) is 2.10. The van der Waals surface area contributed by atoms with Crippen molar-refractivity contribution in [3.05, 3.63) is 35.4 Å². The predicted molar refractivity (Wildman–Crippen MR) is 114 cm³/mol. The Balaban J connectivity index is 1.61. The number of hydrogen-bond donors (Lipinski definition) is 2. The Hall–Kier alpha value is -1.91. The average molecular weight is 400 g/mol. The lowest BCUT2D eigenvalue weighted by Crippen LogP contribution is -2.56. The van der Waals surface area contributed by atoms with Crippen LogP contribution in [0.15, 0.2) is 24.3 Å². The summed E-state index contributed by atoms with van der Waals surface area (Å²) in [6.45, 7) is 7.12. The van der Waals surface area contributed by atoms with Gasteiger partial charge in [0.15, 0.2) is 0 Å². The molecule has 0 saturated carbocycles. The first kappa shape index (κ1) is 21.8. The van der Waals surface area contributed by atoms with E-state index < -0.39 is 5.97 Å². The van der Waals surface area contributed by atoms with Crippen molar-refractivity contribution in [3.63, 3.8) is 0 Å². The van der Waals surface area contributed by atoms with Gasteiger partial charge >= 0.3 is 5.97 Å². The van der Waals surface area contributed by atoms with Gasteiger partial charge in [-0.2, -0.15) is 0 Å². The van der Waals surface area contributed by atoms with Crippen molar-refractivity contribution in [2.45, 2.75) is 31.8 Å². The number of carboxylic acids is 1. The number of aliphatic hydroxyl groups excluding tert-OH is 1. The molecule has 1 aromatic rings. The molecule has 6 heteroatoms. The molecule has 0 radical (unpaired) electrons. The van der Waals surface area contributed by atoms with Crippen LogP contribution >= 0.6 is 0 Å². The summed E-state index contributed by atoms with van der Waals surface area (Å²) in [6, 6.07) is 8.68. The maximum Gasteiger partial charge on any atom is 0.303 e. The molecule has 0 unspecified atom stereocenters. The van der Waals surface area contributed by atoms with Crippen molar-refractivity contribution in [3.8, 4) is 11.8 Å². The molecule has 0 spiro atoms. The van der Waals surface area contributed by atoms with Gasteiger partial charge in [0.05, 0.1) is 0 Å². The minimum Gasteiger partial charge on any atom is -0.481 e. The number of likely N-dealkylation sites (tertiary alicyclic amines) is 1. The lowest BCUT2D eigenvalue weighted by Gasteiger charge is -2.46. The van der Waals surface area contributed by atoms with Crippen LogP contribution in [0.1, 0.15) is 30.4 Å².